The smallest absolute Gasteiger partial charge is 0.318 e. The molecule has 3 aliphatic rings. The van der Waals surface area contributed by atoms with E-state index in [1.807, 2.05) is 34.5 Å². The second kappa shape index (κ2) is 10.4. The minimum atomic E-state index is -0.750. The molecule has 2 aromatic rings. The second-order valence-corrected chi connectivity index (χ2v) is 10.7. The molecule has 12 heteroatoms. The van der Waals surface area contributed by atoms with Gasteiger partial charge in [0.2, 0.25) is 5.75 Å². The number of halogens is 1. The number of carbonyl (C=O) groups is 2. The average Bonchev–Trinajstić information content (AvgIpc) is 2.90. The quantitative estimate of drug-likeness (QED) is 0.212. The first-order valence-corrected chi connectivity index (χ1v) is 13.4. The van der Waals surface area contributed by atoms with E-state index in [2.05, 4.69) is 0 Å². The average molecular weight is 645 g/mol. The van der Waals surface area contributed by atoms with Crippen molar-refractivity contribution >= 4 is 45.5 Å². The number of allylic oxidation sites excluding steroid dienone is 4. The summed E-state index contributed by atoms with van der Waals surface area (Å²) in [6.45, 7) is 0. The monoisotopic (exact) mass is 645 g/mol. The second-order valence-electron chi connectivity index (χ2n) is 9.57. The summed E-state index contributed by atoms with van der Waals surface area (Å²) in [5.74, 6) is -0.257. The molecule has 0 fully saturated rings. The van der Waals surface area contributed by atoms with E-state index < -0.39 is 27.1 Å². The van der Waals surface area contributed by atoms with Gasteiger partial charge in [0, 0.05) is 54.4 Å². The van der Waals surface area contributed by atoms with Crippen LogP contribution in [0.25, 0.3) is 0 Å². The third-order valence-electron chi connectivity index (χ3n) is 7.39. The van der Waals surface area contributed by atoms with E-state index in [4.69, 9.17) is 9.47 Å². The number of carbonyl (C=O) groups excluding carboxylic acids is 2. The van der Waals surface area contributed by atoms with Gasteiger partial charge < -0.3 is 14.4 Å². The number of hydrogen-bond donors (Lipinski definition) is 0. The molecule has 2 aromatic carbocycles. The van der Waals surface area contributed by atoms with Crippen molar-refractivity contribution in [2.75, 3.05) is 14.2 Å². The Labute approximate surface area is 236 Å². The highest BCUT2D eigenvalue weighted by atomic mass is 127. The van der Waals surface area contributed by atoms with Crippen molar-refractivity contribution < 1.29 is 28.9 Å². The molecule has 0 radical (unpaired) electrons. The van der Waals surface area contributed by atoms with E-state index in [0.717, 1.165) is 49.2 Å². The van der Waals surface area contributed by atoms with Gasteiger partial charge in [-0.25, -0.2) is 0 Å². The lowest BCUT2D eigenvalue weighted by Crippen LogP contribution is -2.37. The summed E-state index contributed by atoms with van der Waals surface area (Å²) in [4.78, 5) is 49.9. The number of benzene rings is 2. The molecule has 0 N–H and O–H groups in total. The maximum absolute atomic E-state index is 13.3. The van der Waals surface area contributed by atoms with Gasteiger partial charge in [-0.15, -0.1) is 0 Å². The summed E-state index contributed by atoms with van der Waals surface area (Å²) in [5.41, 5.74) is 2.86. The predicted molar refractivity (Wildman–Crippen MR) is 148 cm³/mol. The number of nitrogens with zero attached hydrogens (tertiary/aromatic N) is 3. The van der Waals surface area contributed by atoms with Crippen LogP contribution in [-0.4, -0.2) is 40.5 Å². The molecule has 0 unspecified atom stereocenters. The van der Waals surface area contributed by atoms with E-state index in [1.54, 1.807) is 12.1 Å². The molecular weight excluding hydrogens is 621 g/mol. The SMILES string of the molecule is COc1cc(C2C3=C(CCCC3=O)N(C)C3=C2C(=O)CCC3)cc(I)c1Oc1ccc([N+](=O)[O-])cc1[N+](=O)[O-]. The van der Waals surface area contributed by atoms with E-state index in [1.165, 1.54) is 13.2 Å². The number of non-ortho nitro benzene ring substituents is 1. The van der Waals surface area contributed by atoms with Gasteiger partial charge in [0.1, 0.15) is 0 Å². The Hall–Kier alpha value is -3.81. The van der Waals surface area contributed by atoms with Crippen LogP contribution in [0.4, 0.5) is 11.4 Å². The van der Waals surface area contributed by atoms with E-state index >= 15 is 0 Å². The highest BCUT2D eigenvalue weighted by Crippen LogP contribution is 2.51. The zero-order valence-electron chi connectivity index (χ0n) is 21.2. The van der Waals surface area contributed by atoms with Crippen LogP contribution < -0.4 is 9.47 Å². The minimum Gasteiger partial charge on any atom is -0.493 e. The van der Waals surface area contributed by atoms with Crippen molar-refractivity contribution in [3.05, 3.63) is 82.2 Å². The molecule has 0 bridgehead atoms. The normalized spacial score (nSPS) is 17.7. The zero-order chi connectivity index (χ0) is 28.0. The summed E-state index contributed by atoms with van der Waals surface area (Å²) >= 11 is 2.02. The van der Waals surface area contributed by atoms with Crippen LogP contribution >= 0.6 is 22.6 Å². The van der Waals surface area contributed by atoms with Gasteiger partial charge in [0.25, 0.3) is 5.69 Å². The Morgan fingerprint density at radius 3 is 2.05 bits per heavy atom. The first-order chi connectivity index (χ1) is 18.6. The molecule has 1 heterocycles. The molecule has 0 aromatic heterocycles. The summed E-state index contributed by atoms with van der Waals surface area (Å²) in [7, 11) is 3.35. The third kappa shape index (κ3) is 4.66. The zero-order valence-corrected chi connectivity index (χ0v) is 23.3. The largest absolute Gasteiger partial charge is 0.493 e. The van der Waals surface area contributed by atoms with Gasteiger partial charge in [-0.05, 0) is 72.0 Å². The first-order valence-electron chi connectivity index (χ1n) is 12.4. The predicted octanol–water partition coefficient (Wildman–Crippen LogP) is 5.95. The summed E-state index contributed by atoms with van der Waals surface area (Å²) in [6, 6.07) is 6.63. The number of rotatable bonds is 6. The van der Waals surface area contributed by atoms with Gasteiger partial charge in [0.05, 0.1) is 26.6 Å². The summed E-state index contributed by atoms with van der Waals surface area (Å²) in [6.07, 6.45) is 3.84. The maximum atomic E-state index is 13.3. The maximum Gasteiger partial charge on any atom is 0.318 e. The van der Waals surface area contributed by atoms with E-state index in [-0.39, 0.29) is 28.8 Å². The van der Waals surface area contributed by atoms with Crippen LogP contribution in [0.5, 0.6) is 17.2 Å². The van der Waals surface area contributed by atoms with Gasteiger partial charge >= 0.3 is 5.69 Å². The van der Waals surface area contributed by atoms with Gasteiger partial charge in [-0.2, -0.15) is 0 Å². The third-order valence-corrected chi connectivity index (χ3v) is 8.19. The molecule has 1 aliphatic heterocycles. The summed E-state index contributed by atoms with van der Waals surface area (Å²) in [5, 5.41) is 22.8. The van der Waals surface area contributed by atoms with Crippen molar-refractivity contribution in [2.45, 2.75) is 44.4 Å². The molecular formula is C27H24IN3O8. The van der Waals surface area contributed by atoms with Crippen molar-refractivity contribution in [1.29, 1.82) is 0 Å². The van der Waals surface area contributed by atoms with Crippen LogP contribution in [0.1, 0.15) is 50.0 Å². The Kier molecular flexibility index (Phi) is 7.14. The Morgan fingerprint density at radius 1 is 0.897 bits per heavy atom. The first kappa shape index (κ1) is 26.8. The van der Waals surface area contributed by atoms with Crippen molar-refractivity contribution in [3.63, 3.8) is 0 Å². The number of hydrogen-bond acceptors (Lipinski definition) is 9. The molecule has 0 saturated carbocycles. The van der Waals surface area contributed by atoms with Crippen LogP contribution in [0.2, 0.25) is 0 Å². The topological polar surface area (TPSA) is 142 Å². The lowest BCUT2D eigenvalue weighted by atomic mass is 9.71. The Balaban J connectivity index is 1.64. The van der Waals surface area contributed by atoms with E-state index in [9.17, 15) is 29.8 Å². The number of ether oxygens (including phenoxy) is 2. The summed E-state index contributed by atoms with van der Waals surface area (Å²) < 4.78 is 12.1. The van der Waals surface area contributed by atoms with Crippen molar-refractivity contribution in [1.82, 2.24) is 4.90 Å². The van der Waals surface area contributed by atoms with Crippen molar-refractivity contribution in [3.8, 4) is 17.2 Å². The molecule has 0 spiro atoms. The fourth-order valence-corrected chi connectivity index (χ4v) is 6.39. The van der Waals surface area contributed by atoms with Crippen LogP contribution in [-0.2, 0) is 9.59 Å². The molecule has 2 aliphatic carbocycles. The Bertz CT molecular complexity index is 1470. The Morgan fingerprint density at radius 2 is 1.51 bits per heavy atom. The lowest BCUT2D eigenvalue weighted by Gasteiger charge is -2.42. The fourth-order valence-electron chi connectivity index (χ4n) is 5.65. The number of Topliss-reactive ketones (excluding diaryl/α,β-unsaturated/α-hetero) is 2. The minimum absolute atomic E-state index is 0.0221. The lowest BCUT2D eigenvalue weighted by molar-refractivity contribution is -0.394. The molecule has 202 valence electrons. The highest BCUT2D eigenvalue weighted by Gasteiger charge is 2.42. The molecule has 0 atom stereocenters. The van der Waals surface area contributed by atoms with Gasteiger partial charge in [-0.1, -0.05) is 0 Å². The van der Waals surface area contributed by atoms with Gasteiger partial charge in [0.15, 0.2) is 23.1 Å². The van der Waals surface area contributed by atoms with Gasteiger partial charge in [-0.3, -0.25) is 29.8 Å². The molecule has 11 nitrogen and oxygen atoms in total. The van der Waals surface area contributed by atoms with E-state index in [0.29, 0.717) is 33.1 Å². The number of nitro benzene ring substituents is 2. The standard InChI is InChI=1S/C27H24IN3O8/c1-29-17-5-3-7-20(32)25(17)24(26-18(29)6-4-8-21(26)33)14-11-16(28)27(23(12-14)38-2)39-22-10-9-15(30(34)35)13-19(22)31(36)37/h9-13,24H,3-8H2,1-2H3. The van der Waals surface area contributed by atoms with Crippen LogP contribution in [0.3, 0.4) is 0 Å². The number of nitro groups is 2. The molecule has 0 saturated heterocycles. The highest BCUT2D eigenvalue weighted by molar-refractivity contribution is 14.1. The fraction of sp³-hybridized carbons (Fsp3) is 0.333. The van der Waals surface area contributed by atoms with Crippen molar-refractivity contribution in [2.24, 2.45) is 0 Å². The van der Waals surface area contributed by atoms with Crippen LogP contribution in [0.15, 0.2) is 52.9 Å². The molecule has 5 rings (SSSR count). The molecule has 0 amide bonds. The van der Waals surface area contributed by atoms with Crippen LogP contribution in [0, 0.1) is 23.8 Å². The number of ketones is 2. The molecule has 39 heavy (non-hydrogen) atoms. The number of methoxy groups -OCH3 is 1.